The number of amides is 1. The lowest BCUT2D eigenvalue weighted by molar-refractivity contribution is -0.117. The largest absolute Gasteiger partial charge is 0.346 e. The van der Waals surface area contributed by atoms with Crippen LogP contribution in [0.4, 0.5) is 5.82 Å². The van der Waals surface area contributed by atoms with Gasteiger partial charge in [0.2, 0.25) is 5.91 Å². The van der Waals surface area contributed by atoms with E-state index in [0.717, 1.165) is 43.4 Å². The van der Waals surface area contributed by atoms with E-state index in [2.05, 4.69) is 26.7 Å². The Labute approximate surface area is 122 Å². The number of hydrogen-bond acceptors (Lipinski definition) is 3. The Morgan fingerprint density at radius 3 is 3.05 bits per heavy atom. The predicted octanol–water partition coefficient (Wildman–Crippen LogP) is 2.29. The summed E-state index contributed by atoms with van der Waals surface area (Å²) in [4.78, 5) is 19.6. The maximum absolute atomic E-state index is 12.0. The summed E-state index contributed by atoms with van der Waals surface area (Å²) in [6.07, 6.45) is 7.12. The van der Waals surface area contributed by atoms with E-state index in [1.54, 1.807) is 0 Å². The third-order valence-electron chi connectivity index (χ3n) is 4.14. The molecule has 1 fully saturated rings. The number of hydrogen-bond donors (Lipinski definition) is 3. The fourth-order valence-corrected chi connectivity index (χ4v) is 2.81. The number of anilines is 1. The number of rotatable bonds is 3. The van der Waals surface area contributed by atoms with Crippen LogP contribution in [0.1, 0.15) is 24.8 Å². The van der Waals surface area contributed by atoms with Gasteiger partial charge < -0.3 is 15.6 Å². The maximum atomic E-state index is 12.0. The molecule has 0 radical (unpaired) electrons. The Hall–Kier alpha value is -2.14. The summed E-state index contributed by atoms with van der Waals surface area (Å²) >= 11 is 0. The average molecular weight is 282 g/mol. The zero-order valence-corrected chi connectivity index (χ0v) is 11.8. The Morgan fingerprint density at radius 2 is 2.29 bits per heavy atom. The van der Waals surface area contributed by atoms with E-state index in [9.17, 15) is 4.79 Å². The van der Waals surface area contributed by atoms with Crippen LogP contribution in [0.3, 0.4) is 0 Å². The molecular weight excluding hydrogens is 264 g/mol. The Bertz CT molecular complexity index is 727. The smallest absolute Gasteiger partial charge is 0.228 e. The van der Waals surface area contributed by atoms with Crippen molar-refractivity contribution in [3.05, 3.63) is 30.0 Å². The van der Waals surface area contributed by atoms with Crippen molar-refractivity contribution in [2.24, 2.45) is 5.92 Å². The van der Waals surface area contributed by atoms with Crippen molar-refractivity contribution in [1.29, 1.82) is 0 Å². The van der Waals surface area contributed by atoms with Gasteiger partial charge in [0.25, 0.3) is 0 Å². The molecule has 1 aliphatic heterocycles. The molecule has 0 saturated heterocycles. The van der Waals surface area contributed by atoms with Gasteiger partial charge in [0.05, 0.1) is 0 Å². The number of pyridine rings is 1. The van der Waals surface area contributed by atoms with Crippen molar-refractivity contribution in [2.75, 3.05) is 18.4 Å². The second-order valence-corrected chi connectivity index (χ2v) is 5.74. The van der Waals surface area contributed by atoms with Gasteiger partial charge in [-0.2, -0.15) is 0 Å². The number of fused-ring (bicyclic) bond motifs is 1. The summed E-state index contributed by atoms with van der Waals surface area (Å²) in [5.41, 5.74) is 3.33. The molecule has 108 valence electrons. The average Bonchev–Trinajstić information content (AvgIpc) is 3.26. The summed E-state index contributed by atoms with van der Waals surface area (Å²) < 4.78 is 0. The molecule has 3 heterocycles. The van der Waals surface area contributed by atoms with Gasteiger partial charge in [-0.05, 0) is 49.1 Å². The van der Waals surface area contributed by atoms with E-state index in [0.29, 0.717) is 5.82 Å². The van der Waals surface area contributed by atoms with Crippen LogP contribution in [0.25, 0.3) is 16.6 Å². The lowest BCUT2D eigenvalue weighted by atomic mass is 9.98. The molecule has 0 aromatic carbocycles. The highest BCUT2D eigenvalue weighted by Gasteiger charge is 2.30. The SMILES string of the molecule is O=C(Nc1cc(C2=CCNCC2)c2cc[nH]c2n1)C1CC1. The standard InChI is InChI=1S/C16H18N4O/c21-16(11-1-2-11)20-14-9-13(10-3-6-17-7-4-10)12-5-8-18-15(12)19-14/h3,5,8-9,11,17H,1-2,4,6-7H2,(H2,18,19,20,21). The van der Waals surface area contributed by atoms with Gasteiger partial charge in [-0.3, -0.25) is 4.79 Å². The van der Waals surface area contributed by atoms with Crippen LogP contribution in [0.5, 0.6) is 0 Å². The molecular formula is C16H18N4O. The van der Waals surface area contributed by atoms with E-state index in [1.807, 2.05) is 18.3 Å². The molecule has 2 aromatic rings. The second-order valence-electron chi connectivity index (χ2n) is 5.74. The fourth-order valence-electron chi connectivity index (χ4n) is 2.81. The molecule has 5 heteroatoms. The molecule has 21 heavy (non-hydrogen) atoms. The molecule has 4 rings (SSSR count). The highest BCUT2D eigenvalue weighted by atomic mass is 16.2. The molecule has 1 saturated carbocycles. The van der Waals surface area contributed by atoms with Crippen molar-refractivity contribution >= 4 is 28.3 Å². The molecule has 2 aromatic heterocycles. The van der Waals surface area contributed by atoms with Crippen LogP contribution in [0.15, 0.2) is 24.4 Å². The van der Waals surface area contributed by atoms with Gasteiger partial charge in [0.1, 0.15) is 11.5 Å². The quantitative estimate of drug-likeness (QED) is 0.809. The van der Waals surface area contributed by atoms with Crippen LogP contribution in [0.2, 0.25) is 0 Å². The monoisotopic (exact) mass is 282 g/mol. The number of carbonyl (C=O) groups excluding carboxylic acids is 1. The topological polar surface area (TPSA) is 69.8 Å². The minimum absolute atomic E-state index is 0.0960. The predicted molar refractivity (Wildman–Crippen MR) is 82.9 cm³/mol. The first-order chi connectivity index (χ1) is 10.3. The van der Waals surface area contributed by atoms with Gasteiger partial charge in [-0.15, -0.1) is 0 Å². The summed E-state index contributed by atoms with van der Waals surface area (Å²) in [7, 11) is 0. The van der Waals surface area contributed by atoms with Gasteiger partial charge in [-0.25, -0.2) is 4.98 Å². The van der Waals surface area contributed by atoms with Crippen molar-refractivity contribution in [2.45, 2.75) is 19.3 Å². The number of nitrogens with zero attached hydrogens (tertiary/aromatic N) is 1. The lowest BCUT2D eigenvalue weighted by Gasteiger charge is -2.16. The van der Waals surface area contributed by atoms with Crippen LogP contribution < -0.4 is 10.6 Å². The number of carbonyl (C=O) groups is 1. The first kappa shape index (κ1) is 12.6. The first-order valence-electron chi connectivity index (χ1n) is 7.50. The molecule has 5 nitrogen and oxygen atoms in total. The van der Waals surface area contributed by atoms with Crippen molar-refractivity contribution in [3.63, 3.8) is 0 Å². The number of nitrogens with one attached hydrogen (secondary N) is 3. The normalized spacial score (nSPS) is 18.6. The molecule has 3 N–H and O–H groups in total. The lowest BCUT2D eigenvalue weighted by Crippen LogP contribution is -2.20. The Morgan fingerprint density at radius 1 is 1.38 bits per heavy atom. The first-order valence-corrected chi connectivity index (χ1v) is 7.50. The zero-order valence-electron chi connectivity index (χ0n) is 11.8. The van der Waals surface area contributed by atoms with E-state index in [4.69, 9.17) is 0 Å². The van der Waals surface area contributed by atoms with Crippen molar-refractivity contribution < 1.29 is 4.79 Å². The van der Waals surface area contributed by atoms with E-state index in [-0.39, 0.29) is 11.8 Å². The Kier molecular flexibility index (Phi) is 3.00. The molecule has 0 spiro atoms. The van der Waals surface area contributed by atoms with Crippen LogP contribution >= 0.6 is 0 Å². The summed E-state index contributed by atoms with van der Waals surface area (Å²) in [6.45, 7) is 1.89. The minimum Gasteiger partial charge on any atom is -0.346 e. The number of aromatic nitrogens is 2. The summed E-state index contributed by atoms with van der Waals surface area (Å²) in [5.74, 6) is 0.933. The van der Waals surface area contributed by atoms with Gasteiger partial charge in [-0.1, -0.05) is 6.08 Å². The summed E-state index contributed by atoms with van der Waals surface area (Å²) in [6, 6.07) is 4.06. The van der Waals surface area contributed by atoms with E-state index in [1.165, 1.54) is 11.1 Å². The third kappa shape index (κ3) is 2.45. The third-order valence-corrected chi connectivity index (χ3v) is 4.14. The Balaban J connectivity index is 1.74. The van der Waals surface area contributed by atoms with E-state index >= 15 is 0 Å². The molecule has 1 amide bonds. The molecule has 0 atom stereocenters. The van der Waals surface area contributed by atoms with Gasteiger partial charge >= 0.3 is 0 Å². The van der Waals surface area contributed by atoms with Crippen LogP contribution in [0, 0.1) is 5.92 Å². The molecule has 0 bridgehead atoms. The molecule has 0 unspecified atom stereocenters. The maximum Gasteiger partial charge on any atom is 0.228 e. The van der Waals surface area contributed by atoms with Gasteiger partial charge in [0.15, 0.2) is 0 Å². The molecule has 1 aliphatic carbocycles. The molecule has 2 aliphatic rings. The number of H-pyrrole nitrogens is 1. The summed E-state index contributed by atoms with van der Waals surface area (Å²) in [5, 5.41) is 7.40. The van der Waals surface area contributed by atoms with Crippen molar-refractivity contribution in [3.8, 4) is 0 Å². The van der Waals surface area contributed by atoms with Crippen molar-refractivity contribution in [1.82, 2.24) is 15.3 Å². The zero-order chi connectivity index (χ0) is 14.2. The van der Waals surface area contributed by atoms with Crippen LogP contribution in [-0.2, 0) is 4.79 Å². The highest BCUT2D eigenvalue weighted by Crippen LogP contribution is 2.32. The second kappa shape index (κ2) is 5.00. The van der Waals surface area contributed by atoms with E-state index < -0.39 is 0 Å². The number of aromatic amines is 1. The van der Waals surface area contributed by atoms with Crippen LogP contribution in [-0.4, -0.2) is 29.0 Å². The highest BCUT2D eigenvalue weighted by molar-refractivity contribution is 5.97. The fraction of sp³-hybridized carbons (Fsp3) is 0.375. The van der Waals surface area contributed by atoms with Gasteiger partial charge in [0, 0.05) is 24.0 Å². The minimum atomic E-state index is 0.0960.